The molecular formula is C31H29F2N5O2. The maximum absolute atomic E-state index is 14.5. The number of anilines is 1. The molecule has 0 saturated carbocycles. The number of Topliss-reactive ketones (excluding diaryl/α,β-unsaturated/α-hetero) is 1. The van der Waals surface area contributed by atoms with E-state index in [2.05, 4.69) is 9.88 Å². The van der Waals surface area contributed by atoms with Gasteiger partial charge in [-0.05, 0) is 80.8 Å². The van der Waals surface area contributed by atoms with Gasteiger partial charge in [-0.15, -0.1) is 0 Å². The Morgan fingerprint density at radius 2 is 1.68 bits per heavy atom. The number of amides is 1. The standard InChI is InChI=1S/C31H29F2N5O2/c1-20-5-8-25(18-26(20)33)38-29(22-4-3-14-34-19-22)21(2)28(35-38)30(40)36-16-12-31(13-17-36)27(39)11-15-37(31)24-9-6-23(32)7-10-24/h3-10,14,18-19H,11-13,15-17H2,1-2H3. The number of ketones is 1. The Balaban J connectivity index is 1.31. The van der Waals surface area contributed by atoms with Gasteiger partial charge in [0.1, 0.15) is 17.2 Å². The molecule has 4 heterocycles. The van der Waals surface area contributed by atoms with Crippen molar-refractivity contribution in [3.8, 4) is 16.9 Å². The zero-order valence-corrected chi connectivity index (χ0v) is 22.4. The molecule has 2 aliphatic rings. The van der Waals surface area contributed by atoms with Crippen LogP contribution in [-0.4, -0.2) is 56.5 Å². The molecule has 1 spiro atoms. The van der Waals surface area contributed by atoms with Crippen LogP contribution in [-0.2, 0) is 4.79 Å². The number of benzene rings is 2. The minimum absolute atomic E-state index is 0.157. The number of carbonyl (C=O) groups is 2. The number of hydrogen-bond donors (Lipinski definition) is 0. The lowest BCUT2D eigenvalue weighted by molar-refractivity contribution is -0.123. The van der Waals surface area contributed by atoms with Gasteiger partial charge in [-0.25, -0.2) is 13.5 Å². The van der Waals surface area contributed by atoms with E-state index in [0.717, 1.165) is 11.3 Å². The summed E-state index contributed by atoms with van der Waals surface area (Å²) >= 11 is 0. The molecule has 0 atom stereocenters. The summed E-state index contributed by atoms with van der Waals surface area (Å²) in [4.78, 5) is 35.0. The van der Waals surface area contributed by atoms with Crippen molar-refractivity contribution in [3.05, 3.63) is 95.4 Å². The van der Waals surface area contributed by atoms with E-state index in [-0.39, 0.29) is 29.0 Å². The lowest BCUT2D eigenvalue weighted by atomic mass is 9.83. The Kier molecular flexibility index (Phi) is 6.44. The number of likely N-dealkylation sites (tertiary alicyclic amines) is 1. The molecule has 4 aromatic rings. The van der Waals surface area contributed by atoms with Gasteiger partial charge in [0.2, 0.25) is 0 Å². The van der Waals surface area contributed by atoms with Crippen LogP contribution in [0, 0.1) is 25.5 Å². The number of hydrogen-bond acceptors (Lipinski definition) is 5. The second-order valence-corrected chi connectivity index (χ2v) is 10.5. The Labute approximate surface area is 231 Å². The molecule has 2 aromatic heterocycles. The number of carbonyl (C=O) groups excluding carboxylic acids is 2. The van der Waals surface area contributed by atoms with Crippen molar-refractivity contribution in [3.63, 3.8) is 0 Å². The second-order valence-electron chi connectivity index (χ2n) is 10.5. The van der Waals surface area contributed by atoms with Gasteiger partial charge < -0.3 is 9.80 Å². The molecule has 2 aromatic carbocycles. The van der Waals surface area contributed by atoms with E-state index >= 15 is 0 Å². The van der Waals surface area contributed by atoms with Crippen molar-refractivity contribution in [2.24, 2.45) is 0 Å². The van der Waals surface area contributed by atoms with Gasteiger partial charge in [0, 0.05) is 55.3 Å². The molecule has 204 valence electrons. The van der Waals surface area contributed by atoms with Crippen LogP contribution in [0.3, 0.4) is 0 Å². The summed E-state index contributed by atoms with van der Waals surface area (Å²) in [6.07, 6.45) is 4.75. The fourth-order valence-corrected chi connectivity index (χ4v) is 6.03. The highest BCUT2D eigenvalue weighted by Gasteiger charge is 2.50. The van der Waals surface area contributed by atoms with Crippen LogP contribution in [0.1, 0.15) is 40.9 Å². The second kappa shape index (κ2) is 9.97. The van der Waals surface area contributed by atoms with Crippen LogP contribution in [0.25, 0.3) is 16.9 Å². The van der Waals surface area contributed by atoms with E-state index < -0.39 is 5.54 Å². The molecular weight excluding hydrogens is 512 g/mol. The average Bonchev–Trinajstić information content (AvgIpc) is 3.47. The van der Waals surface area contributed by atoms with Crippen LogP contribution in [0.4, 0.5) is 14.5 Å². The normalized spacial score (nSPS) is 16.6. The summed E-state index contributed by atoms with van der Waals surface area (Å²) in [6, 6.07) is 14.8. The van der Waals surface area contributed by atoms with Crippen molar-refractivity contribution in [1.29, 1.82) is 0 Å². The van der Waals surface area contributed by atoms with Crippen molar-refractivity contribution >= 4 is 17.4 Å². The first-order valence-corrected chi connectivity index (χ1v) is 13.4. The first-order chi connectivity index (χ1) is 19.3. The average molecular weight is 542 g/mol. The van der Waals surface area contributed by atoms with Gasteiger partial charge in [-0.2, -0.15) is 5.10 Å². The van der Waals surface area contributed by atoms with E-state index in [1.54, 1.807) is 59.2 Å². The quantitative estimate of drug-likeness (QED) is 0.352. The predicted molar refractivity (Wildman–Crippen MR) is 147 cm³/mol. The van der Waals surface area contributed by atoms with E-state index in [9.17, 15) is 18.4 Å². The summed E-state index contributed by atoms with van der Waals surface area (Å²) in [7, 11) is 0. The maximum Gasteiger partial charge on any atom is 0.274 e. The molecule has 9 heteroatoms. The number of aromatic nitrogens is 3. The smallest absolute Gasteiger partial charge is 0.274 e. The third-order valence-corrected chi connectivity index (χ3v) is 8.27. The van der Waals surface area contributed by atoms with Crippen LogP contribution < -0.4 is 4.90 Å². The summed E-state index contributed by atoms with van der Waals surface area (Å²) < 4.78 is 29.7. The van der Waals surface area contributed by atoms with Crippen LogP contribution in [0.5, 0.6) is 0 Å². The zero-order valence-electron chi connectivity index (χ0n) is 22.4. The molecule has 1 amide bonds. The molecule has 0 N–H and O–H groups in total. The minimum Gasteiger partial charge on any atom is -0.358 e. The Morgan fingerprint density at radius 3 is 2.35 bits per heavy atom. The fourth-order valence-electron chi connectivity index (χ4n) is 6.03. The van der Waals surface area contributed by atoms with Gasteiger partial charge in [0.15, 0.2) is 11.5 Å². The summed E-state index contributed by atoms with van der Waals surface area (Å²) in [5, 5.41) is 4.70. The Hall–Kier alpha value is -4.40. The molecule has 40 heavy (non-hydrogen) atoms. The SMILES string of the molecule is Cc1ccc(-n2nc(C(=O)N3CCC4(CC3)C(=O)CCN4c3ccc(F)cc3)c(C)c2-c2cccnc2)cc1F. The molecule has 2 saturated heterocycles. The van der Waals surface area contributed by atoms with E-state index in [4.69, 9.17) is 5.10 Å². The van der Waals surface area contributed by atoms with Crippen LogP contribution >= 0.6 is 0 Å². The van der Waals surface area contributed by atoms with Crippen LogP contribution in [0.15, 0.2) is 67.0 Å². The summed E-state index contributed by atoms with van der Waals surface area (Å²) in [5.74, 6) is -0.756. The topological polar surface area (TPSA) is 71.3 Å². The van der Waals surface area contributed by atoms with Crippen molar-refractivity contribution in [2.75, 3.05) is 24.5 Å². The third-order valence-electron chi connectivity index (χ3n) is 8.27. The molecule has 0 radical (unpaired) electrons. The van der Waals surface area contributed by atoms with E-state index in [1.807, 2.05) is 13.0 Å². The van der Waals surface area contributed by atoms with Gasteiger partial charge in [-0.1, -0.05) is 6.07 Å². The number of pyridine rings is 1. The van der Waals surface area contributed by atoms with E-state index in [0.29, 0.717) is 61.4 Å². The zero-order chi connectivity index (χ0) is 28.0. The first kappa shape index (κ1) is 25.9. The van der Waals surface area contributed by atoms with Crippen molar-refractivity contribution < 1.29 is 18.4 Å². The van der Waals surface area contributed by atoms with Gasteiger partial charge >= 0.3 is 0 Å². The molecule has 0 bridgehead atoms. The molecule has 0 unspecified atom stereocenters. The Morgan fingerprint density at radius 1 is 0.950 bits per heavy atom. The Bertz CT molecular complexity index is 1590. The third kappa shape index (κ3) is 4.26. The lowest BCUT2D eigenvalue weighted by Crippen LogP contribution is -2.56. The van der Waals surface area contributed by atoms with Gasteiger partial charge in [0.25, 0.3) is 5.91 Å². The molecule has 6 rings (SSSR count). The maximum atomic E-state index is 14.5. The number of piperidine rings is 1. The van der Waals surface area contributed by atoms with Crippen LogP contribution in [0.2, 0.25) is 0 Å². The molecule has 2 aliphatic heterocycles. The summed E-state index contributed by atoms with van der Waals surface area (Å²) in [6.45, 7) is 4.88. The highest BCUT2D eigenvalue weighted by molar-refractivity contribution is 5.98. The molecule has 0 aliphatic carbocycles. The largest absolute Gasteiger partial charge is 0.358 e. The number of nitrogens with zero attached hydrogens (tertiary/aromatic N) is 5. The summed E-state index contributed by atoms with van der Waals surface area (Å²) in [5.41, 5.74) is 3.52. The number of rotatable bonds is 4. The van der Waals surface area contributed by atoms with Gasteiger partial charge in [-0.3, -0.25) is 14.6 Å². The number of halogens is 2. The lowest BCUT2D eigenvalue weighted by Gasteiger charge is -2.44. The first-order valence-electron chi connectivity index (χ1n) is 13.4. The fraction of sp³-hybridized carbons (Fsp3) is 0.290. The highest BCUT2D eigenvalue weighted by Crippen LogP contribution is 2.40. The van der Waals surface area contributed by atoms with Crippen molar-refractivity contribution in [2.45, 2.75) is 38.6 Å². The highest BCUT2D eigenvalue weighted by atomic mass is 19.1. The monoisotopic (exact) mass is 541 g/mol. The molecule has 2 fully saturated rings. The predicted octanol–water partition coefficient (Wildman–Crippen LogP) is 5.28. The van der Waals surface area contributed by atoms with Gasteiger partial charge in [0.05, 0.1) is 11.4 Å². The molecule has 7 nitrogen and oxygen atoms in total. The van der Waals surface area contributed by atoms with E-state index in [1.165, 1.54) is 18.2 Å². The minimum atomic E-state index is -0.705. The van der Waals surface area contributed by atoms with Crippen molar-refractivity contribution in [1.82, 2.24) is 19.7 Å². The number of aryl methyl sites for hydroxylation is 1.